The van der Waals surface area contributed by atoms with Crippen molar-refractivity contribution in [2.24, 2.45) is 5.41 Å². The molecule has 1 fully saturated rings. The Hall–Kier alpha value is -0.790. The molecule has 0 N–H and O–H groups in total. The van der Waals surface area contributed by atoms with Crippen molar-refractivity contribution in [3.8, 4) is 0 Å². The number of allylic oxidation sites excluding steroid dienone is 1. The van der Waals surface area contributed by atoms with Crippen molar-refractivity contribution in [1.82, 2.24) is 0 Å². The quantitative estimate of drug-likeness (QED) is 0.303. The SMILES string of the molecule is CO/C(C)=[N+](/C)C1(C)CC1(C)C(C)=C(C)C. The third-order valence-electron chi connectivity index (χ3n) is 4.85. The summed E-state index contributed by atoms with van der Waals surface area (Å²) in [6.45, 7) is 13.4. The molecule has 92 valence electrons. The van der Waals surface area contributed by atoms with Gasteiger partial charge in [0.05, 0.1) is 19.4 Å². The van der Waals surface area contributed by atoms with Crippen LogP contribution in [0.3, 0.4) is 0 Å². The fourth-order valence-electron chi connectivity index (χ4n) is 2.71. The first-order chi connectivity index (χ1) is 7.20. The van der Waals surface area contributed by atoms with E-state index in [1.807, 2.05) is 6.92 Å². The van der Waals surface area contributed by atoms with Crippen LogP contribution >= 0.6 is 0 Å². The van der Waals surface area contributed by atoms with Gasteiger partial charge in [0, 0.05) is 13.3 Å². The highest BCUT2D eigenvalue weighted by atomic mass is 16.5. The molecule has 0 heterocycles. The predicted molar refractivity (Wildman–Crippen MR) is 69.1 cm³/mol. The van der Waals surface area contributed by atoms with E-state index in [0.29, 0.717) is 5.41 Å². The minimum atomic E-state index is 0.203. The second-order valence-corrected chi connectivity index (χ2v) is 5.69. The fraction of sp³-hybridized carbons (Fsp3) is 0.786. The van der Waals surface area contributed by atoms with E-state index in [0.717, 1.165) is 5.90 Å². The molecule has 0 radical (unpaired) electrons. The molecule has 0 spiro atoms. The Balaban J connectivity index is 3.10. The fourth-order valence-corrected chi connectivity index (χ4v) is 2.71. The first-order valence-corrected chi connectivity index (χ1v) is 5.96. The Kier molecular flexibility index (Phi) is 3.24. The third kappa shape index (κ3) is 1.68. The largest absolute Gasteiger partial charge is 0.452 e. The second kappa shape index (κ2) is 3.90. The van der Waals surface area contributed by atoms with Crippen LogP contribution in [0.2, 0.25) is 0 Å². The number of ether oxygens (including phenoxy) is 1. The molecule has 0 amide bonds. The number of nitrogens with zero attached hydrogens (tertiary/aromatic N) is 1. The van der Waals surface area contributed by atoms with Crippen LogP contribution in [0, 0.1) is 5.41 Å². The summed E-state index contributed by atoms with van der Waals surface area (Å²) in [5.41, 5.74) is 3.45. The van der Waals surface area contributed by atoms with Crippen molar-refractivity contribution in [1.29, 1.82) is 0 Å². The van der Waals surface area contributed by atoms with Gasteiger partial charge in [-0.05, 0) is 27.7 Å². The summed E-state index contributed by atoms with van der Waals surface area (Å²) >= 11 is 0. The van der Waals surface area contributed by atoms with Crippen molar-refractivity contribution in [2.75, 3.05) is 14.2 Å². The topological polar surface area (TPSA) is 12.2 Å². The van der Waals surface area contributed by atoms with E-state index < -0.39 is 0 Å². The van der Waals surface area contributed by atoms with Crippen molar-refractivity contribution < 1.29 is 9.31 Å². The molecule has 2 atom stereocenters. The molecule has 2 unspecified atom stereocenters. The van der Waals surface area contributed by atoms with Crippen LogP contribution in [0.25, 0.3) is 0 Å². The van der Waals surface area contributed by atoms with E-state index >= 15 is 0 Å². The van der Waals surface area contributed by atoms with Crippen LogP contribution in [0.5, 0.6) is 0 Å². The van der Waals surface area contributed by atoms with Gasteiger partial charge >= 0.3 is 5.90 Å². The summed E-state index contributed by atoms with van der Waals surface area (Å²) in [4.78, 5) is 0. The maximum absolute atomic E-state index is 5.34. The van der Waals surface area contributed by atoms with Crippen molar-refractivity contribution in [2.45, 2.75) is 53.5 Å². The molecule has 1 aliphatic rings. The zero-order valence-electron chi connectivity index (χ0n) is 12.1. The van der Waals surface area contributed by atoms with Crippen LogP contribution in [0.15, 0.2) is 11.1 Å². The van der Waals surface area contributed by atoms with Crippen LogP contribution in [0.4, 0.5) is 0 Å². The van der Waals surface area contributed by atoms with Crippen molar-refractivity contribution in [3.05, 3.63) is 11.1 Å². The molecule has 0 aliphatic heterocycles. The Morgan fingerprint density at radius 2 is 1.62 bits per heavy atom. The average molecular weight is 224 g/mol. The monoisotopic (exact) mass is 224 g/mol. The normalized spacial score (nSPS) is 34.2. The van der Waals surface area contributed by atoms with Crippen LogP contribution in [-0.4, -0.2) is 30.2 Å². The predicted octanol–water partition coefficient (Wildman–Crippen LogP) is 3.22. The van der Waals surface area contributed by atoms with Crippen LogP contribution < -0.4 is 0 Å². The molecule has 1 rings (SSSR count). The molecule has 0 saturated heterocycles. The van der Waals surface area contributed by atoms with Gasteiger partial charge in [-0.25, -0.2) is 0 Å². The highest BCUT2D eigenvalue weighted by molar-refractivity contribution is 5.67. The highest BCUT2D eigenvalue weighted by Crippen LogP contribution is 2.62. The van der Waals surface area contributed by atoms with E-state index in [2.05, 4.69) is 46.2 Å². The van der Waals surface area contributed by atoms with E-state index in [-0.39, 0.29) is 5.54 Å². The van der Waals surface area contributed by atoms with Gasteiger partial charge < -0.3 is 4.74 Å². The minimum absolute atomic E-state index is 0.203. The first-order valence-electron chi connectivity index (χ1n) is 5.96. The maximum atomic E-state index is 5.34. The zero-order chi connectivity index (χ0) is 12.7. The number of rotatable bonds is 2. The smallest absolute Gasteiger partial charge is 0.333 e. The Morgan fingerprint density at radius 1 is 1.12 bits per heavy atom. The second-order valence-electron chi connectivity index (χ2n) is 5.69. The van der Waals surface area contributed by atoms with Gasteiger partial charge in [0.2, 0.25) is 0 Å². The molecule has 1 aliphatic carbocycles. The molecule has 0 bridgehead atoms. The Bertz CT molecular complexity index is 363. The minimum Gasteiger partial charge on any atom is -0.452 e. The highest BCUT2D eigenvalue weighted by Gasteiger charge is 2.70. The summed E-state index contributed by atoms with van der Waals surface area (Å²) in [5, 5.41) is 0. The lowest BCUT2D eigenvalue weighted by molar-refractivity contribution is -0.564. The van der Waals surface area contributed by atoms with Gasteiger partial charge in [0.25, 0.3) is 0 Å². The number of hydrogen-bond acceptors (Lipinski definition) is 1. The summed E-state index contributed by atoms with van der Waals surface area (Å²) < 4.78 is 7.62. The third-order valence-corrected chi connectivity index (χ3v) is 4.85. The molecule has 2 nitrogen and oxygen atoms in total. The number of methoxy groups -OCH3 is 1. The standard InChI is InChI=1S/C14H26NO/c1-10(2)11(3)13(5)9-14(13,6)15(7)12(4)16-8/h9H2,1-8H3/q+1/b15-12-. The van der Waals surface area contributed by atoms with Gasteiger partial charge in [0.1, 0.15) is 7.05 Å². The van der Waals surface area contributed by atoms with E-state index in [4.69, 9.17) is 4.74 Å². The summed E-state index contributed by atoms with van der Waals surface area (Å²) in [6.07, 6.45) is 1.20. The Labute approximate surface area is 100 Å². The van der Waals surface area contributed by atoms with Gasteiger partial charge in [-0.15, -0.1) is 0 Å². The first kappa shape index (κ1) is 13.3. The van der Waals surface area contributed by atoms with Gasteiger partial charge in [-0.2, -0.15) is 4.58 Å². The van der Waals surface area contributed by atoms with E-state index in [1.54, 1.807) is 7.11 Å². The molecule has 0 aromatic carbocycles. The van der Waals surface area contributed by atoms with E-state index in [9.17, 15) is 0 Å². The lowest BCUT2D eigenvalue weighted by atomic mass is 9.91. The average Bonchev–Trinajstić information content (AvgIpc) is 2.80. The molecule has 16 heavy (non-hydrogen) atoms. The van der Waals surface area contributed by atoms with Crippen LogP contribution in [-0.2, 0) is 4.74 Å². The summed E-state index contributed by atoms with van der Waals surface area (Å²) in [6, 6.07) is 0. The van der Waals surface area contributed by atoms with Gasteiger partial charge in [-0.1, -0.05) is 11.1 Å². The van der Waals surface area contributed by atoms with Gasteiger partial charge in [0.15, 0.2) is 5.54 Å². The van der Waals surface area contributed by atoms with E-state index in [1.165, 1.54) is 17.6 Å². The molecule has 0 aromatic rings. The molecule has 1 saturated carbocycles. The number of hydrogen-bond donors (Lipinski definition) is 0. The van der Waals surface area contributed by atoms with Gasteiger partial charge in [-0.3, -0.25) is 0 Å². The molecule has 0 aromatic heterocycles. The zero-order valence-corrected chi connectivity index (χ0v) is 12.1. The lowest BCUT2D eigenvalue weighted by Crippen LogP contribution is -2.33. The molecular weight excluding hydrogens is 198 g/mol. The lowest BCUT2D eigenvalue weighted by Gasteiger charge is -2.18. The molecular formula is C14H26NO+. The van der Waals surface area contributed by atoms with Crippen molar-refractivity contribution in [3.63, 3.8) is 0 Å². The Morgan fingerprint density at radius 3 is 2.00 bits per heavy atom. The summed E-state index contributed by atoms with van der Waals surface area (Å²) in [5.74, 6) is 0.993. The summed E-state index contributed by atoms with van der Waals surface area (Å²) in [7, 11) is 3.87. The van der Waals surface area contributed by atoms with Crippen molar-refractivity contribution >= 4 is 5.90 Å². The molecule has 2 heteroatoms. The maximum Gasteiger partial charge on any atom is 0.333 e. The van der Waals surface area contributed by atoms with Crippen LogP contribution in [0.1, 0.15) is 48.0 Å².